The minimum Gasteiger partial charge on any atom is -0.493 e. The molecule has 0 radical (unpaired) electrons. The number of carbonyl (C=O) groups excluding carboxylic acids is 4. The second-order valence-corrected chi connectivity index (χ2v) is 9.10. The van der Waals surface area contributed by atoms with Gasteiger partial charge in [-0.1, -0.05) is 11.6 Å². The lowest BCUT2D eigenvalue weighted by molar-refractivity contribution is -0.122. The lowest BCUT2D eigenvalue weighted by Crippen LogP contribution is -2.54. The molecule has 0 aliphatic carbocycles. The molecule has 2 N–H and O–H groups in total. The van der Waals surface area contributed by atoms with E-state index in [4.69, 9.17) is 21.1 Å². The van der Waals surface area contributed by atoms with E-state index in [1.807, 2.05) is 0 Å². The summed E-state index contributed by atoms with van der Waals surface area (Å²) in [4.78, 5) is 50.9. The van der Waals surface area contributed by atoms with E-state index in [9.17, 15) is 23.6 Å². The molecule has 1 fully saturated rings. The molecule has 5 amide bonds. The molecule has 194 valence electrons. The van der Waals surface area contributed by atoms with Gasteiger partial charge >= 0.3 is 6.03 Å². The monoisotopic (exact) mass is 601 g/mol. The fraction of sp³-hybridized carbons (Fsp3) is 0.0769. The number of nitrogens with zero attached hydrogens (tertiary/aromatic N) is 1. The number of urea groups is 1. The molecule has 4 rings (SSSR count). The fourth-order valence-corrected chi connectivity index (χ4v) is 4.18. The molecule has 1 heterocycles. The number of hydrogen-bond acceptors (Lipinski definition) is 6. The first kappa shape index (κ1) is 26.8. The van der Waals surface area contributed by atoms with Crippen LogP contribution in [0.5, 0.6) is 11.5 Å². The number of anilines is 2. The molecule has 12 heteroatoms. The molecule has 1 saturated heterocycles. The third-order valence-corrected chi connectivity index (χ3v) is 6.07. The van der Waals surface area contributed by atoms with Crippen molar-refractivity contribution in [3.63, 3.8) is 0 Å². The minimum atomic E-state index is -0.955. The topological polar surface area (TPSA) is 114 Å². The molecule has 9 nitrogen and oxygen atoms in total. The predicted molar refractivity (Wildman–Crippen MR) is 142 cm³/mol. The summed E-state index contributed by atoms with van der Waals surface area (Å²) in [7, 11) is 1.38. The van der Waals surface area contributed by atoms with Gasteiger partial charge in [-0.3, -0.25) is 19.7 Å². The summed E-state index contributed by atoms with van der Waals surface area (Å²) in [5.74, 6) is -2.34. The average Bonchev–Trinajstić information content (AvgIpc) is 2.88. The van der Waals surface area contributed by atoms with Crippen molar-refractivity contribution < 1.29 is 33.0 Å². The first-order valence-corrected chi connectivity index (χ1v) is 12.1. The Bertz CT molecular complexity index is 1460. The van der Waals surface area contributed by atoms with Crippen molar-refractivity contribution in [3.05, 3.63) is 87.1 Å². The van der Waals surface area contributed by atoms with E-state index in [1.165, 1.54) is 31.4 Å². The lowest BCUT2D eigenvalue weighted by atomic mass is 10.1. The molecule has 0 aromatic heterocycles. The molecule has 3 aromatic carbocycles. The zero-order valence-corrected chi connectivity index (χ0v) is 21.9. The van der Waals surface area contributed by atoms with E-state index in [2.05, 4.69) is 26.6 Å². The maximum Gasteiger partial charge on any atom is 0.335 e. The van der Waals surface area contributed by atoms with Gasteiger partial charge in [0.25, 0.3) is 17.7 Å². The summed E-state index contributed by atoms with van der Waals surface area (Å²) in [5, 5.41) is 5.30. The standard InChI is InChI=1S/C26H18BrClFN3O6/c1-37-21-12-14(11-20(27)23(21)38-13-22(33)30-17-6-2-15(28)3-7-17)10-19-24(34)31-26(36)32(25(19)35)18-8-4-16(29)5-9-18/h2-12H,13H2,1H3,(H,30,33)(H,31,34,36)/b19-10+. The van der Waals surface area contributed by atoms with Crippen molar-refractivity contribution in [2.75, 3.05) is 23.9 Å². The van der Waals surface area contributed by atoms with Crippen LogP contribution >= 0.6 is 27.5 Å². The molecule has 0 saturated carbocycles. The van der Waals surface area contributed by atoms with E-state index in [0.29, 0.717) is 20.7 Å². The Kier molecular flexibility index (Phi) is 8.08. The molecule has 0 atom stereocenters. The van der Waals surface area contributed by atoms with Crippen molar-refractivity contribution in [1.82, 2.24) is 5.32 Å². The lowest BCUT2D eigenvalue weighted by Gasteiger charge is -2.26. The quantitative estimate of drug-likeness (QED) is 0.293. The van der Waals surface area contributed by atoms with Gasteiger partial charge in [-0.25, -0.2) is 14.1 Å². The molecule has 0 spiro atoms. The van der Waals surface area contributed by atoms with Gasteiger partial charge in [-0.15, -0.1) is 0 Å². The van der Waals surface area contributed by atoms with E-state index in [1.54, 1.807) is 30.3 Å². The summed E-state index contributed by atoms with van der Waals surface area (Å²) in [5.41, 5.74) is 0.656. The molecule has 3 aromatic rings. The molecule has 0 bridgehead atoms. The molecule has 0 unspecified atom stereocenters. The van der Waals surface area contributed by atoms with Crippen LogP contribution in [0.15, 0.2) is 70.7 Å². The van der Waals surface area contributed by atoms with Gasteiger partial charge in [-0.05, 0) is 88.2 Å². The predicted octanol–water partition coefficient (Wildman–Crippen LogP) is 4.93. The maximum atomic E-state index is 13.3. The van der Waals surface area contributed by atoms with Crippen molar-refractivity contribution in [1.29, 1.82) is 0 Å². The Hall–Kier alpha value is -4.22. The molecule has 1 aliphatic rings. The number of nitrogens with one attached hydrogen (secondary N) is 2. The van der Waals surface area contributed by atoms with Crippen LogP contribution in [-0.4, -0.2) is 37.5 Å². The van der Waals surface area contributed by atoms with E-state index >= 15 is 0 Å². The van der Waals surface area contributed by atoms with Crippen molar-refractivity contribution >= 4 is 68.7 Å². The van der Waals surface area contributed by atoms with E-state index < -0.39 is 29.6 Å². The number of benzene rings is 3. The second kappa shape index (κ2) is 11.4. The van der Waals surface area contributed by atoms with E-state index in [-0.39, 0.29) is 29.4 Å². The van der Waals surface area contributed by atoms with Crippen LogP contribution in [-0.2, 0) is 14.4 Å². The van der Waals surface area contributed by atoms with Crippen LogP contribution in [0.2, 0.25) is 5.02 Å². The maximum absolute atomic E-state index is 13.3. The number of carbonyl (C=O) groups is 4. The SMILES string of the molecule is COc1cc(/C=C2\C(=O)NC(=O)N(c3ccc(F)cc3)C2=O)cc(Br)c1OCC(=O)Nc1ccc(Cl)cc1. The minimum absolute atomic E-state index is 0.0895. The van der Waals surface area contributed by atoms with Crippen LogP contribution in [0.1, 0.15) is 5.56 Å². The first-order chi connectivity index (χ1) is 18.2. The van der Waals surface area contributed by atoms with Crippen LogP contribution < -0.4 is 25.0 Å². The molecular formula is C26H18BrClFN3O6. The van der Waals surface area contributed by atoms with Gasteiger partial charge < -0.3 is 14.8 Å². The number of hydrogen-bond donors (Lipinski definition) is 2. The van der Waals surface area contributed by atoms with Crippen LogP contribution in [0.4, 0.5) is 20.6 Å². The molecule has 1 aliphatic heterocycles. The third-order valence-electron chi connectivity index (χ3n) is 5.22. The number of rotatable bonds is 7. The van der Waals surface area contributed by atoms with E-state index in [0.717, 1.165) is 17.0 Å². The van der Waals surface area contributed by atoms with Crippen LogP contribution in [0, 0.1) is 5.82 Å². The summed E-state index contributed by atoms with van der Waals surface area (Å²) in [6, 6.07) is 13.3. The van der Waals surface area contributed by atoms with Crippen molar-refractivity contribution in [2.24, 2.45) is 0 Å². The van der Waals surface area contributed by atoms with Gasteiger partial charge in [0.05, 0.1) is 17.3 Å². The summed E-state index contributed by atoms with van der Waals surface area (Å²) >= 11 is 9.20. The van der Waals surface area contributed by atoms with Gasteiger partial charge in [-0.2, -0.15) is 0 Å². The largest absolute Gasteiger partial charge is 0.493 e. The van der Waals surface area contributed by atoms with Gasteiger partial charge in [0, 0.05) is 10.7 Å². The Morgan fingerprint density at radius 2 is 1.79 bits per heavy atom. The third kappa shape index (κ3) is 6.01. The summed E-state index contributed by atoms with van der Waals surface area (Å²) in [6.07, 6.45) is 1.27. The van der Waals surface area contributed by atoms with Gasteiger partial charge in [0.1, 0.15) is 11.4 Å². The highest BCUT2D eigenvalue weighted by atomic mass is 79.9. The number of methoxy groups -OCH3 is 1. The summed E-state index contributed by atoms with van der Waals surface area (Å²) < 4.78 is 24.7. The average molecular weight is 603 g/mol. The molecular weight excluding hydrogens is 585 g/mol. The molecule has 38 heavy (non-hydrogen) atoms. The number of barbiturate groups is 1. The second-order valence-electron chi connectivity index (χ2n) is 7.81. The van der Waals surface area contributed by atoms with Crippen LogP contribution in [0.25, 0.3) is 6.08 Å². The Balaban J connectivity index is 1.55. The first-order valence-electron chi connectivity index (χ1n) is 10.9. The Morgan fingerprint density at radius 1 is 1.11 bits per heavy atom. The van der Waals surface area contributed by atoms with Gasteiger partial charge in [0.2, 0.25) is 0 Å². The van der Waals surface area contributed by atoms with Crippen molar-refractivity contribution in [3.8, 4) is 11.5 Å². The normalized spacial score (nSPS) is 14.4. The number of amides is 5. The number of halogens is 3. The highest BCUT2D eigenvalue weighted by molar-refractivity contribution is 9.10. The zero-order valence-electron chi connectivity index (χ0n) is 19.6. The smallest absolute Gasteiger partial charge is 0.335 e. The Morgan fingerprint density at radius 3 is 2.45 bits per heavy atom. The fourth-order valence-electron chi connectivity index (χ4n) is 3.48. The number of ether oxygens (including phenoxy) is 2. The Labute approximate surface area is 229 Å². The zero-order chi connectivity index (χ0) is 27.4. The van der Waals surface area contributed by atoms with Gasteiger partial charge in [0.15, 0.2) is 18.1 Å². The van der Waals surface area contributed by atoms with Crippen molar-refractivity contribution in [2.45, 2.75) is 0 Å². The highest BCUT2D eigenvalue weighted by Gasteiger charge is 2.36. The number of imide groups is 2. The highest BCUT2D eigenvalue weighted by Crippen LogP contribution is 2.37. The van der Waals surface area contributed by atoms with Crippen LogP contribution in [0.3, 0.4) is 0 Å². The summed E-state index contributed by atoms with van der Waals surface area (Å²) in [6.45, 7) is -0.340.